The van der Waals surface area contributed by atoms with E-state index in [9.17, 15) is 14.7 Å². The molecule has 0 aliphatic rings. The monoisotopic (exact) mass is 329 g/mol. The first-order valence-electron chi connectivity index (χ1n) is 6.97. The second-order valence-electron chi connectivity index (χ2n) is 5.20. The van der Waals surface area contributed by atoms with Crippen molar-refractivity contribution in [3.05, 3.63) is 67.9 Å². The fourth-order valence-corrected chi connectivity index (χ4v) is 3.26. The second-order valence-corrected chi connectivity index (χ2v) is 6.32. The van der Waals surface area contributed by atoms with Gasteiger partial charge in [-0.25, -0.2) is 9.78 Å². The Morgan fingerprint density at radius 2 is 2.04 bits per heavy atom. The van der Waals surface area contributed by atoms with Crippen LogP contribution >= 0.6 is 11.3 Å². The molecule has 0 radical (unpaired) electrons. The number of aromatic hydroxyl groups is 1. The Hall–Kier alpha value is -2.67. The van der Waals surface area contributed by atoms with E-state index in [-0.39, 0.29) is 17.0 Å². The molecule has 118 valence electrons. The van der Waals surface area contributed by atoms with Crippen LogP contribution in [0, 0.1) is 6.92 Å². The standard InChI is InChI=1S/C16H15N3O3S/c1-10-12(4-3-5-13(10)20)15-17-8-11(23-15)9-19-7-6-14(21)18(2)16(19)22/h3-8,20H,9H2,1-2H3. The summed E-state index contributed by atoms with van der Waals surface area (Å²) in [6, 6.07) is 6.67. The van der Waals surface area contributed by atoms with Crippen molar-refractivity contribution < 1.29 is 5.11 Å². The molecule has 0 amide bonds. The summed E-state index contributed by atoms with van der Waals surface area (Å²) in [6.45, 7) is 2.19. The minimum absolute atomic E-state index is 0.230. The number of hydrogen-bond acceptors (Lipinski definition) is 5. The molecule has 0 saturated heterocycles. The van der Waals surface area contributed by atoms with Crippen LogP contribution in [0.15, 0.2) is 46.2 Å². The molecule has 0 bridgehead atoms. The van der Waals surface area contributed by atoms with Gasteiger partial charge in [-0.15, -0.1) is 11.3 Å². The van der Waals surface area contributed by atoms with E-state index in [1.54, 1.807) is 18.3 Å². The third-order valence-corrected chi connectivity index (χ3v) is 4.69. The number of phenols is 1. The molecule has 3 rings (SSSR count). The number of thiazole rings is 1. The van der Waals surface area contributed by atoms with E-state index in [4.69, 9.17) is 0 Å². The van der Waals surface area contributed by atoms with Crippen LogP contribution in [0.2, 0.25) is 0 Å². The van der Waals surface area contributed by atoms with Gasteiger partial charge in [0.1, 0.15) is 10.8 Å². The molecule has 6 nitrogen and oxygen atoms in total. The Morgan fingerprint density at radius 1 is 1.26 bits per heavy atom. The number of phenolic OH excluding ortho intramolecular Hbond substituents is 1. The molecule has 1 N–H and O–H groups in total. The molecule has 0 fully saturated rings. The SMILES string of the molecule is Cc1c(O)cccc1-c1ncc(Cn2ccc(=O)n(C)c2=O)s1. The summed E-state index contributed by atoms with van der Waals surface area (Å²) in [5, 5.41) is 10.6. The molecule has 0 aliphatic heterocycles. The highest BCUT2D eigenvalue weighted by molar-refractivity contribution is 7.15. The van der Waals surface area contributed by atoms with Gasteiger partial charge >= 0.3 is 5.69 Å². The Morgan fingerprint density at radius 3 is 2.83 bits per heavy atom. The van der Waals surface area contributed by atoms with Crippen molar-refractivity contribution in [3.8, 4) is 16.3 Å². The van der Waals surface area contributed by atoms with Crippen LogP contribution in [0.4, 0.5) is 0 Å². The Kier molecular flexibility index (Phi) is 3.87. The maximum Gasteiger partial charge on any atom is 0.331 e. The predicted molar refractivity (Wildman–Crippen MR) is 89.0 cm³/mol. The highest BCUT2D eigenvalue weighted by Gasteiger charge is 2.11. The largest absolute Gasteiger partial charge is 0.508 e. The van der Waals surface area contributed by atoms with Crippen LogP contribution in [-0.4, -0.2) is 19.2 Å². The van der Waals surface area contributed by atoms with E-state index in [1.807, 2.05) is 13.0 Å². The highest BCUT2D eigenvalue weighted by atomic mass is 32.1. The van der Waals surface area contributed by atoms with Crippen molar-refractivity contribution in [1.29, 1.82) is 0 Å². The third kappa shape index (κ3) is 2.83. The second kappa shape index (κ2) is 5.85. The van der Waals surface area contributed by atoms with E-state index >= 15 is 0 Å². The van der Waals surface area contributed by atoms with E-state index in [1.165, 1.54) is 35.2 Å². The van der Waals surface area contributed by atoms with Crippen molar-refractivity contribution >= 4 is 11.3 Å². The molecule has 23 heavy (non-hydrogen) atoms. The summed E-state index contributed by atoms with van der Waals surface area (Å²) in [6.07, 6.45) is 3.20. The first kappa shape index (κ1) is 15.2. The topological polar surface area (TPSA) is 77.1 Å². The summed E-state index contributed by atoms with van der Waals surface area (Å²) in [4.78, 5) is 28.7. The molecule has 0 unspecified atom stereocenters. The number of aromatic nitrogens is 3. The number of nitrogens with zero attached hydrogens (tertiary/aromatic N) is 3. The maximum absolute atomic E-state index is 12.0. The van der Waals surface area contributed by atoms with Gasteiger partial charge in [0, 0.05) is 41.5 Å². The van der Waals surface area contributed by atoms with Crippen LogP contribution in [0.1, 0.15) is 10.4 Å². The van der Waals surface area contributed by atoms with Crippen LogP contribution < -0.4 is 11.2 Å². The van der Waals surface area contributed by atoms with E-state index < -0.39 is 0 Å². The van der Waals surface area contributed by atoms with Crippen molar-refractivity contribution in [1.82, 2.24) is 14.1 Å². The number of hydrogen-bond donors (Lipinski definition) is 1. The Balaban J connectivity index is 1.94. The van der Waals surface area contributed by atoms with Gasteiger partial charge < -0.3 is 5.11 Å². The molecule has 2 aromatic heterocycles. The maximum atomic E-state index is 12.0. The summed E-state index contributed by atoms with van der Waals surface area (Å²) >= 11 is 1.45. The summed E-state index contributed by atoms with van der Waals surface area (Å²) in [5.74, 6) is 0.230. The van der Waals surface area contributed by atoms with Crippen LogP contribution in [0.5, 0.6) is 5.75 Å². The average Bonchev–Trinajstić information content (AvgIpc) is 2.99. The smallest absolute Gasteiger partial charge is 0.331 e. The van der Waals surface area contributed by atoms with Crippen molar-refractivity contribution in [2.75, 3.05) is 0 Å². The first-order chi connectivity index (χ1) is 11.0. The summed E-state index contributed by atoms with van der Waals surface area (Å²) in [7, 11) is 1.45. The molecular formula is C16H15N3O3S. The van der Waals surface area contributed by atoms with Crippen molar-refractivity contribution in [3.63, 3.8) is 0 Å². The van der Waals surface area contributed by atoms with Crippen LogP contribution in [0.3, 0.4) is 0 Å². The normalized spacial score (nSPS) is 10.9. The summed E-state index contributed by atoms with van der Waals surface area (Å²) in [5.41, 5.74) is 0.953. The molecule has 0 saturated carbocycles. The molecule has 7 heteroatoms. The Bertz CT molecular complexity index is 985. The molecule has 0 atom stereocenters. The minimum Gasteiger partial charge on any atom is -0.508 e. The van der Waals surface area contributed by atoms with Gasteiger partial charge in [0.05, 0.1) is 6.54 Å². The van der Waals surface area contributed by atoms with E-state index in [0.29, 0.717) is 6.54 Å². The zero-order chi connectivity index (χ0) is 16.6. The van der Waals surface area contributed by atoms with Crippen molar-refractivity contribution in [2.45, 2.75) is 13.5 Å². The van der Waals surface area contributed by atoms with E-state index in [0.717, 1.165) is 25.6 Å². The third-order valence-electron chi connectivity index (χ3n) is 3.68. The lowest BCUT2D eigenvalue weighted by atomic mass is 10.1. The van der Waals surface area contributed by atoms with Gasteiger partial charge in [-0.2, -0.15) is 0 Å². The average molecular weight is 329 g/mol. The molecule has 3 aromatic rings. The zero-order valence-corrected chi connectivity index (χ0v) is 13.5. The van der Waals surface area contributed by atoms with Gasteiger partial charge in [0.25, 0.3) is 5.56 Å². The highest BCUT2D eigenvalue weighted by Crippen LogP contribution is 2.32. The van der Waals surface area contributed by atoms with Gasteiger partial charge in [-0.05, 0) is 13.0 Å². The van der Waals surface area contributed by atoms with Crippen LogP contribution in [0.25, 0.3) is 10.6 Å². The lowest BCUT2D eigenvalue weighted by molar-refractivity contribution is 0.471. The molecule has 0 spiro atoms. The number of rotatable bonds is 3. The van der Waals surface area contributed by atoms with Crippen molar-refractivity contribution in [2.24, 2.45) is 7.05 Å². The molecular weight excluding hydrogens is 314 g/mol. The van der Waals surface area contributed by atoms with Crippen LogP contribution in [-0.2, 0) is 13.6 Å². The molecule has 1 aromatic carbocycles. The van der Waals surface area contributed by atoms with Gasteiger partial charge in [0.15, 0.2) is 0 Å². The lowest BCUT2D eigenvalue weighted by Gasteiger charge is -2.05. The molecule has 2 heterocycles. The predicted octanol–water partition coefficient (Wildman–Crippen LogP) is 1.73. The Labute approximate surface area is 135 Å². The first-order valence-corrected chi connectivity index (χ1v) is 7.79. The fraction of sp³-hybridized carbons (Fsp3) is 0.188. The zero-order valence-electron chi connectivity index (χ0n) is 12.7. The van der Waals surface area contributed by atoms with E-state index in [2.05, 4.69) is 4.98 Å². The number of benzene rings is 1. The lowest BCUT2D eigenvalue weighted by Crippen LogP contribution is -2.36. The quantitative estimate of drug-likeness (QED) is 0.794. The van der Waals surface area contributed by atoms with Gasteiger partial charge in [-0.1, -0.05) is 12.1 Å². The van der Waals surface area contributed by atoms with Gasteiger partial charge in [0.2, 0.25) is 0 Å². The molecule has 0 aliphatic carbocycles. The minimum atomic E-state index is -0.360. The summed E-state index contributed by atoms with van der Waals surface area (Å²) < 4.78 is 2.54. The van der Waals surface area contributed by atoms with Gasteiger partial charge in [-0.3, -0.25) is 13.9 Å². The fourth-order valence-electron chi connectivity index (χ4n) is 2.26.